The average Bonchev–Trinajstić information content (AvgIpc) is 2.63. The normalized spacial score (nSPS) is 19.2. The average molecular weight is 318 g/mol. The molecule has 0 fully saturated rings. The zero-order valence-electron chi connectivity index (χ0n) is 13.8. The van der Waals surface area contributed by atoms with Gasteiger partial charge in [-0.2, -0.15) is 0 Å². The van der Waals surface area contributed by atoms with Gasteiger partial charge in [0.2, 0.25) is 0 Å². The van der Waals surface area contributed by atoms with Gasteiger partial charge in [-0.05, 0) is 54.5 Å². The van der Waals surface area contributed by atoms with E-state index in [1.165, 1.54) is 24.0 Å². The van der Waals surface area contributed by atoms with Crippen molar-refractivity contribution in [3.05, 3.63) is 71.8 Å². The van der Waals surface area contributed by atoms with Crippen molar-refractivity contribution in [1.29, 1.82) is 0 Å². The summed E-state index contributed by atoms with van der Waals surface area (Å²) in [4.78, 5) is 14.9. The monoisotopic (exact) mass is 318 g/mol. The minimum absolute atomic E-state index is 0.0874. The molecular formula is C21H22N2O. The molecule has 2 aromatic rings. The fourth-order valence-electron chi connectivity index (χ4n) is 3.79. The highest BCUT2D eigenvalue weighted by molar-refractivity contribution is 6.05. The van der Waals surface area contributed by atoms with Crippen molar-refractivity contribution >= 4 is 17.3 Å². The summed E-state index contributed by atoms with van der Waals surface area (Å²) in [6.07, 6.45) is 6.54. The Labute approximate surface area is 143 Å². The van der Waals surface area contributed by atoms with Crippen molar-refractivity contribution in [1.82, 2.24) is 0 Å². The minimum Gasteiger partial charge on any atom is -0.368 e. The number of carbonyl (C=O) groups is 1. The maximum absolute atomic E-state index is 13.1. The van der Waals surface area contributed by atoms with Gasteiger partial charge in [0.1, 0.15) is 6.04 Å². The first-order valence-corrected chi connectivity index (χ1v) is 8.67. The largest absolute Gasteiger partial charge is 0.368 e. The third-order valence-corrected chi connectivity index (χ3v) is 5.01. The van der Waals surface area contributed by atoms with Crippen LogP contribution in [0.1, 0.15) is 35.6 Å². The van der Waals surface area contributed by atoms with E-state index in [1.54, 1.807) is 6.08 Å². The van der Waals surface area contributed by atoms with Crippen molar-refractivity contribution in [2.24, 2.45) is 0 Å². The van der Waals surface area contributed by atoms with Crippen LogP contribution >= 0.6 is 0 Å². The molecule has 0 aromatic heterocycles. The molecule has 1 atom stereocenters. The summed E-state index contributed by atoms with van der Waals surface area (Å²) in [6, 6.07) is 14.1. The first-order chi connectivity index (χ1) is 11.8. The van der Waals surface area contributed by atoms with Gasteiger partial charge in [-0.25, -0.2) is 0 Å². The first-order valence-electron chi connectivity index (χ1n) is 8.67. The van der Waals surface area contributed by atoms with Gasteiger partial charge in [-0.3, -0.25) is 4.79 Å². The summed E-state index contributed by atoms with van der Waals surface area (Å²) in [5.74, 6) is 0.0874. The molecule has 3 nitrogen and oxygen atoms in total. The quantitative estimate of drug-likeness (QED) is 0.858. The molecule has 1 aliphatic heterocycles. The van der Waals surface area contributed by atoms with E-state index >= 15 is 0 Å². The van der Waals surface area contributed by atoms with Crippen molar-refractivity contribution in [2.75, 3.05) is 16.8 Å². The number of nitrogens with zero attached hydrogens (tertiary/aromatic N) is 1. The van der Waals surface area contributed by atoms with Gasteiger partial charge in [0.25, 0.3) is 5.91 Å². The van der Waals surface area contributed by atoms with E-state index in [0.29, 0.717) is 6.54 Å². The van der Waals surface area contributed by atoms with Crippen molar-refractivity contribution in [2.45, 2.75) is 31.7 Å². The Morgan fingerprint density at radius 1 is 1.12 bits per heavy atom. The van der Waals surface area contributed by atoms with E-state index in [2.05, 4.69) is 24.0 Å². The molecule has 0 bridgehead atoms. The van der Waals surface area contributed by atoms with Gasteiger partial charge >= 0.3 is 0 Å². The van der Waals surface area contributed by atoms with Crippen molar-refractivity contribution < 1.29 is 4.79 Å². The van der Waals surface area contributed by atoms with E-state index in [-0.39, 0.29) is 11.9 Å². The number of carbonyl (C=O) groups excluding carboxylic acids is 1. The molecule has 2 aliphatic rings. The first kappa shape index (κ1) is 15.0. The van der Waals surface area contributed by atoms with Crippen LogP contribution in [0.3, 0.4) is 0 Å². The van der Waals surface area contributed by atoms with Crippen molar-refractivity contribution in [3.8, 4) is 0 Å². The maximum atomic E-state index is 13.1. The fourth-order valence-corrected chi connectivity index (χ4v) is 3.79. The zero-order valence-corrected chi connectivity index (χ0v) is 13.8. The minimum atomic E-state index is -0.333. The number of hydrogen-bond acceptors (Lipinski definition) is 2. The van der Waals surface area contributed by atoms with Crippen LogP contribution in [0.25, 0.3) is 0 Å². The summed E-state index contributed by atoms with van der Waals surface area (Å²) in [5, 5.41) is 3.48. The van der Waals surface area contributed by atoms with Crippen LogP contribution < -0.4 is 10.2 Å². The predicted molar refractivity (Wildman–Crippen MR) is 98.4 cm³/mol. The van der Waals surface area contributed by atoms with E-state index in [4.69, 9.17) is 0 Å². The Kier molecular flexibility index (Phi) is 3.85. The summed E-state index contributed by atoms with van der Waals surface area (Å²) in [5.41, 5.74) is 5.87. The summed E-state index contributed by atoms with van der Waals surface area (Å²) >= 11 is 0. The third-order valence-electron chi connectivity index (χ3n) is 5.01. The van der Waals surface area contributed by atoms with Crippen LogP contribution in [0.4, 0.5) is 11.4 Å². The van der Waals surface area contributed by atoms with Crippen molar-refractivity contribution in [3.63, 3.8) is 0 Å². The van der Waals surface area contributed by atoms with Crippen LogP contribution in [0.5, 0.6) is 0 Å². The number of benzene rings is 2. The molecular weight excluding hydrogens is 296 g/mol. The molecule has 3 heteroatoms. The maximum Gasteiger partial charge on any atom is 0.254 e. The lowest BCUT2D eigenvalue weighted by atomic mass is 9.89. The molecule has 1 N–H and O–H groups in total. The molecule has 1 aliphatic carbocycles. The van der Waals surface area contributed by atoms with Crippen LogP contribution in [0, 0.1) is 0 Å². The molecule has 122 valence electrons. The summed E-state index contributed by atoms with van der Waals surface area (Å²) in [7, 11) is 0. The lowest BCUT2D eigenvalue weighted by Crippen LogP contribution is -2.42. The van der Waals surface area contributed by atoms with Gasteiger partial charge in [0.05, 0.1) is 11.4 Å². The second-order valence-electron chi connectivity index (χ2n) is 6.57. The molecule has 1 unspecified atom stereocenters. The smallest absolute Gasteiger partial charge is 0.254 e. The number of amides is 1. The van der Waals surface area contributed by atoms with Gasteiger partial charge in [-0.15, -0.1) is 6.58 Å². The fraction of sp³-hybridized carbons (Fsp3) is 0.286. The highest BCUT2D eigenvalue weighted by Gasteiger charge is 2.33. The number of nitrogens with one attached hydrogen (secondary N) is 1. The summed E-state index contributed by atoms with van der Waals surface area (Å²) in [6.45, 7) is 4.37. The molecule has 1 heterocycles. The molecule has 24 heavy (non-hydrogen) atoms. The molecule has 0 saturated carbocycles. The van der Waals surface area contributed by atoms with Gasteiger partial charge in [0, 0.05) is 6.54 Å². The number of aryl methyl sites for hydroxylation is 2. The highest BCUT2D eigenvalue weighted by Crippen LogP contribution is 2.40. The Hall–Kier alpha value is -2.55. The van der Waals surface area contributed by atoms with Gasteiger partial charge in [0.15, 0.2) is 0 Å². The molecule has 2 aromatic carbocycles. The van der Waals surface area contributed by atoms with Gasteiger partial charge < -0.3 is 10.2 Å². The molecule has 4 rings (SSSR count). The zero-order chi connectivity index (χ0) is 16.5. The molecule has 0 spiro atoms. The van der Waals surface area contributed by atoms with Crippen LogP contribution in [0.2, 0.25) is 0 Å². The standard InChI is InChI=1S/C21H22N2O/c1-2-12-23-19-14-17-11-7-6-10-16(17)13-18(19)22-20(21(23)24)15-8-4-3-5-9-15/h2-5,8-9,13-14,20,22H,1,6-7,10-12H2. The van der Waals surface area contributed by atoms with Crippen LogP contribution in [-0.2, 0) is 17.6 Å². The molecule has 0 radical (unpaired) electrons. The van der Waals surface area contributed by atoms with Gasteiger partial charge in [-0.1, -0.05) is 36.4 Å². The number of rotatable bonds is 3. The van der Waals surface area contributed by atoms with E-state index < -0.39 is 0 Å². The molecule has 0 saturated heterocycles. The van der Waals surface area contributed by atoms with E-state index in [0.717, 1.165) is 29.8 Å². The lowest BCUT2D eigenvalue weighted by Gasteiger charge is -2.36. The molecule has 1 amide bonds. The van der Waals surface area contributed by atoms with E-state index in [1.807, 2.05) is 35.2 Å². The Morgan fingerprint density at radius 2 is 1.83 bits per heavy atom. The Bertz CT molecular complexity index is 782. The van der Waals surface area contributed by atoms with Crippen LogP contribution in [0.15, 0.2) is 55.1 Å². The Balaban J connectivity index is 1.80. The Morgan fingerprint density at radius 3 is 2.54 bits per heavy atom. The summed E-state index contributed by atoms with van der Waals surface area (Å²) < 4.78 is 0. The van der Waals surface area contributed by atoms with Crippen LogP contribution in [-0.4, -0.2) is 12.5 Å². The second kappa shape index (κ2) is 6.16. The number of hydrogen-bond donors (Lipinski definition) is 1. The topological polar surface area (TPSA) is 32.3 Å². The second-order valence-corrected chi connectivity index (χ2v) is 6.57. The lowest BCUT2D eigenvalue weighted by molar-refractivity contribution is -0.119. The predicted octanol–water partition coefficient (Wildman–Crippen LogP) is 4.25. The number of anilines is 2. The number of fused-ring (bicyclic) bond motifs is 2. The van der Waals surface area contributed by atoms with E-state index in [9.17, 15) is 4.79 Å². The highest BCUT2D eigenvalue weighted by atomic mass is 16.2. The third kappa shape index (κ3) is 2.50. The SMILES string of the molecule is C=CCN1C(=O)C(c2ccccc2)Nc2cc3c(cc21)CCCC3.